The van der Waals surface area contributed by atoms with Crippen molar-refractivity contribution >= 4 is 17.5 Å². The normalized spacial score (nSPS) is 22.5. The molecule has 0 aromatic heterocycles. The highest BCUT2D eigenvalue weighted by Gasteiger charge is 2.51. The molecule has 0 saturated carbocycles. The van der Waals surface area contributed by atoms with E-state index in [-0.39, 0.29) is 5.78 Å². The van der Waals surface area contributed by atoms with Crippen LogP contribution < -0.4 is 4.90 Å². The molecule has 2 saturated heterocycles. The summed E-state index contributed by atoms with van der Waals surface area (Å²) in [4.78, 5) is 42.2. The number of quaternary nitrogens is 1. The Balaban J connectivity index is 1.65. The second-order valence-electron chi connectivity index (χ2n) is 8.04. The molecule has 1 N–H and O–H groups in total. The fourth-order valence-electron chi connectivity index (χ4n) is 4.33. The van der Waals surface area contributed by atoms with Crippen molar-refractivity contribution in [3.05, 3.63) is 71.3 Å². The first-order valence-corrected chi connectivity index (χ1v) is 10.5. The van der Waals surface area contributed by atoms with E-state index in [0.717, 1.165) is 30.8 Å². The van der Waals surface area contributed by atoms with E-state index in [0.29, 0.717) is 25.3 Å². The number of morpholine rings is 1. The number of likely N-dealkylation sites (tertiary alicyclic amines) is 1. The Morgan fingerprint density at radius 1 is 1.03 bits per heavy atom. The smallest absolute Gasteiger partial charge is 0.291 e. The molecular weight excluding hydrogens is 380 g/mol. The van der Waals surface area contributed by atoms with Gasteiger partial charge in [-0.2, -0.15) is 0 Å². The molecule has 6 nitrogen and oxygen atoms in total. The van der Waals surface area contributed by atoms with Crippen LogP contribution in [0.25, 0.3) is 0 Å². The van der Waals surface area contributed by atoms with Gasteiger partial charge >= 0.3 is 0 Å². The van der Waals surface area contributed by atoms with Crippen LogP contribution in [-0.2, 0) is 14.3 Å². The molecule has 4 rings (SSSR count). The standard InChI is InChI=1S/C24H26N2O4/c1-17-7-9-18(10-8-17)21-20(22(27)19-5-3-2-4-6-19)23(28)24(29)26(21)12-11-25-13-15-30-16-14-25/h2-10,20-21H,11-16H2,1H3/p+1. The van der Waals surface area contributed by atoms with Crippen molar-refractivity contribution in [1.29, 1.82) is 0 Å². The number of Topliss-reactive ketones (excluding diaryl/α,β-unsaturated/α-hetero) is 2. The number of aryl methyl sites for hydroxylation is 1. The third-order valence-corrected chi connectivity index (χ3v) is 6.07. The van der Waals surface area contributed by atoms with Crippen molar-refractivity contribution < 1.29 is 24.0 Å². The molecule has 2 heterocycles. The summed E-state index contributed by atoms with van der Waals surface area (Å²) >= 11 is 0. The van der Waals surface area contributed by atoms with E-state index in [1.165, 1.54) is 4.90 Å². The van der Waals surface area contributed by atoms with Gasteiger partial charge in [0, 0.05) is 5.56 Å². The van der Waals surface area contributed by atoms with E-state index in [2.05, 4.69) is 0 Å². The molecule has 2 aliphatic heterocycles. The van der Waals surface area contributed by atoms with Gasteiger partial charge in [-0.05, 0) is 12.5 Å². The van der Waals surface area contributed by atoms with E-state index in [4.69, 9.17) is 4.74 Å². The predicted molar refractivity (Wildman–Crippen MR) is 111 cm³/mol. The number of hydrogen-bond acceptors (Lipinski definition) is 4. The van der Waals surface area contributed by atoms with Gasteiger partial charge in [0.25, 0.3) is 5.91 Å². The van der Waals surface area contributed by atoms with Crippen molar-refractivity contribution in [3.63, 3.8) is 0 Å². The second-order valence-corrected chi connectivity index (χ2v) is 8.04. The van der Waals surface area contributed by atoms with Crippen molar-refractivity contribution in [1.82, 2.24) is 4.90 Å². The maximum atomic E-state index is 13.3. The Kier molecular flexibility index (Phi) is 6.06. The van der Waals surface area contributed by atoms with Gasteiger partial charge in [-0.15, -0.1) is 0 Å². The van der Waals surface area contributed by atoms with Crippen LogP contribution in [-0.4, -0.2) is 61.8 Å². The molecule has 6 heteroatoms. The Morgan fingerprint density at radius 3 is 2.37 bits per heavy atom. The number of hydrogen-bond donors (Lipinski definition) is 1. The summed E-state index contributed by atoms with van der Waals surface area (Å²) in [7, 11) is 0. The van der Waals surface area contributed by atoms with Crippen molar-refractivity contribution in [2.75, 3.05) is 39.4 Å². The minimum atomic E-state index is -1.01. The molecule has 2 atom stereocenters. The van der Waals surface area contributed by atoms with Gasteiger partial charge in [0.1, 0.15) is 19.0 Å². The van der Waals surface area contributed by atoms with Gasteiger partial charge in [-0.1, -0.05) is 60.2 Å². The molecular formula is C24H27N2O4+. The van der Waals surface area contributed by atoms with Gasteiger partial charge in [0.2, 0.25) is 5.78 Å². The van der Waals surface area contributed by atoms with E-state index >= 15 is 0 Å². The number of carbonyl (C=O) groups is 3. The Bertz CT molecular complexity index is 920. The van der Waals surface area contributed by atoms with Gasteiger partial charge in [-0.25, -0.2) is 0 Å². The lowest BCUT2D eigenvalue weighted by Gasteiger charge is -2.30. The number of nitrogens with one attached hydrogen (secondary N) is 1. The molecule has 2 unspecified atom stereocenters. The number of benzene rings is 2. The zero-order valence-corrected chi connectivity index (χ0v) is 17.2. The molecule has 0 radical (unpaired) electrons. The molecule has 0 spiro atoms. The van der Waals surface area contributed by atoms with Crippen molar-refractivity contribution in [2.45, 2.75) is 13.0 Å². The molecule has 2 aromatic rings. The first-order chi connectivity index (χ1) is 14.6. The van der Waals surface area contributed by atoms with E-state index in [1.54, 1.807) is 29.2 Å². The molecule has 156 valence electrons. The largest absolute Gasteiger partial charge is 0.370 e. The number of amides is 1. The van der Waals surface area contributed by atoms with E-state index in [1.807, 2.05) is 37.3 Å². The lowest BCUT2D eigenvalue weighted by molar-refractivity contribution is -0.907. The topological polar surface area (TPSA) is 68.1 Å². The van der Waals surface area contributed by atoms with Crippen LogP contribution in [0.1, 0.15) is 27.5 Å². The van der Waals surface area contributed by atoms with Crippen LogP contribution in [0.15, 0.2) is 54.6 Å². The number of nitrogens with zero attached hydrogens (tertiary/aromatic N) is 1. The third-order valence-electron chi connectivity index (χ3n) is 6.07. The molecule has 0 aliphatic carbocycles. The van der Waals surface area contributed by atoms with Gasteiger partial charge in [0.05, 0.1) is 32.3 Å². The predicted octanol–water partition coefficient (Wildman–Crippen LogP) is 0.862. The lowest BCUT2D eigenvalue weighted by Crippen LogP contribution is -3.14. The minimum absolute atomic E-state index is 0.291. The Hall–Kier alpha value is -2.83. The third kappa shape index (κ3) is 4.06. The first-order valence-electron chi connectivity index (χ1n) is 10.5. The summed E-state index contributed by atoms with van der Waals surface area (Å²) in [5.74, 6) is -2.46. The Labute approximate surface area is 176 Å². The van der Waals surface area contributed by atoms with Gasteiger partial charge in [-0.3, -0.25) is 14.4 Å². The van der Waals surface area contributed by atoms with Crippen LogP contribution in [0, 0.1) is 12.8 Å². The van der Waals surface area contributed by atoms with Crippen LogP contribution in [0.2, 0.25) is 0 Å². The molecule has 2 fully saturated rings. The number of rotatable bonds is 6. The zero-order valence-electron chi connectivity index (χ0n) is 17.2. The first kappa shape index (κ1) is 20.4. The highest BCUT2D eigenvalue weighted by molar-refractivity contribution is 6.44. The summed E-state index contributed by atoms with van der Waals surface area (Å²) in [6.45, 7) is 6.35. The minimum Gasteiger partial charge on any atom is -0.370 e. The maximum absolute atomic E-state index is 13.3. The van der Waals surface area contributed by atoms with Crippen molar-refractivity contribution in [3.8, 4) is 0 Å². The molecule has 2 aliphatic rings. The lowest BCUT2D eigenvalue weighted by atomic mass is 9.86. The van der Waals surface area contributed by atoms with Gasteiger partial charge in [0.15, 0.2) is 5.78 Å². The average Bonchev–Trinajstić information content (AvgIpc) is 3.04. The summed E-state index contributed by atoms with van der Waals surface area (Å²) in [6, 6.07) is 16.0. The number of ether oxygens (including phenoxy) is 1. The quantitative estimate of drug-likeness (QED) is 0.438. The number of ketones is 2. The molecule has 2 aromatic carbocycles. The highest BCUT2D eigenvalue weighted by Crippen LogP contribution is 2.37. The van der Waals surface area contributed by atoms with Crippen LogP contribution in [0.5, 0.6) is 0 Å². The van der Waals surface area contributed by atoms with Crippen LogP contribution in [0.4, 0.5) is 0 Å². The van der Waals surface area contributed by atoms with Crippen molar-refractivity contribution in [2.24, 2.45) is 5.92 Å². The van der Waals surface area contributed by atoms with E-state index < -0.39 is 23.7 Å². The molecule has 0 bridgehead atoms. The second kappa shape index (κ2) is 8.90. The summed E-state index contributed by atoms with van der Waals surface area (Å²) in [5.41, 5.74) is 2.37. The average molecular weight is 407 g/mol. The van der Waals surface area contributed by atoms with Crippen LogP contribution in [0.3, 0.4) is 0 Å². The van der Waals surface area contributed by atoms with Gasteiger partial charge < -0.3 is 14.5 Å². The van der Waals surface area contributed by atoms with E-state index in [9.17, 15) is 14.4 Å². The summed E-state index contributed by atoms with van der Waals surface area (Å²) in [6.07, 6.45) is 0. The SMILES string of the molecule is Cc1ccc(C2C(C(=O)c3ccccc3)C(=O)C(=O)N2CC[NH+]2CCOCC2)cc1. The monoisotopic (exact) mass is 407 g/mol. The molecule has 1 amide bonds. The van der Waals surface area contributed by atoms with Crippen LogP contribution >= 0.6 is 0 Å². The molecule has 30 heavy (non-hydrogen) atoms. The maximum Gasteiger partial charge on any atom is 0.291 e. The Morgan fingerprint density at radius 2 is 1.70 bits per heavy atom. The fourth-order valence-corrected chi connectivity index (χ4v) is 4.33. The highest BCUT2D eigenvalue weighted by atomic mass is 16.5. The zero-order chi connectivity index (χ0) is 21.1. The summed E-state index contributed by atoms with van der Waals surface area (Å²) < 4.78 is 5.41. The number of carbonyl (C=O) groups excluding carboxylic acids is 3. The fraction of sp³-hybridized carbons (Fsp3) is 0.375. The summed E-state index contributed by atoms with van der Waals surface area (Å²) in [5, 5.41) is 0.